The van der Waals surface area contributed by atoms with Crippen LogP contribution in [0.2, 0.25) is 0 Å². The van der Waals surface area contributed by atoms with E-state index < -0.39 is 20.9 Å². The number of hydrogen-bond donors (Lipinski definition) is 1. The summed E-state index contributed by atoms with van der Waals surface area (Å²) in [4.78, 5) is 0. The summed E-state index contributed by atoms with van der Waals surface area (Å²) in [7, 11) is -2.11. The molecule has 0 aromatic rings. The van der Waals surface area contributed by atoms with Crippen molar-refractivity contribution >= 4 is 10.0 Å². The van der Waals surface area contributed by atoms with Gasteiger partial charge in [-0.15, -0.1) is 0 Å². The molecule has 0 heterocycles. The van der Waals surface area contributed by atoms with Crippen LogP contribution in [0.5, 0.6) is 0 Å². The van der Waals surface area contributed by atoms with Gasteiger partial charge < -0.3 is 4.74 Å². The molecule has 0 bridgehead atoms. The van der Waals surface area contributed by atoms with Gasteiger partial charge in [-0.1, -0.05) is 44.1 Å². The van der Waals surface area contributed by atoms with Crippen LogP contribution in [0.15, 0.2) is 24.3 Å². The number of rotatable bonds is 5. The van der Waals surface area contributed by atoms with Crippen molar-refractivity contribution in [3.05, 3.63) is 24.3 Å². The predicted molar refractivity (Wildman–Crippen MR) is 64.4 cm³/mol. The molecular formula is C11H19NO3S. The van der Waals surface area contributed by atoms with E-state index in [9.17, 15) is 8.42 Å². The zero-order chi connectivity index (χ0) is 12.2. The Balaban J connectivity index is 3.04. The molecule has 1 aliphatic carbocycles. The maximum Gasteiger partial charge on any atom is 0.218 e. The second-order valence-electron chi connectivity index (χ2n) is 4.02. The first kappa shape index (κ1) is 13.4. The molecule has 0 saturated carbocycles. The van der Waals surface area contributed by atoms with Crippen molar-refractivity contribution in [3.8, 4) is 0 Å². The Morgan fingerprint density at radius 2 is 2.12 bits per heavy atom. The SMILES string of the molecule is CCCCC1(OC)C=CC=CC1S(N)(=O)=O. The van der Waals surface area contributed by atoms with Crippen molar-refractivity contribution < 1.29 is 13.2 Å². The summed E-state index contributed by atoms with van der Waals surface area (Å²) in [6.07, 6.45) is 9.42. The van der Waals surface area contributed by atoms with Crippen LogP contribution in [0.4, 0.5) is 0 Å². The van der Waals surface area contributed by atoms with E-state index in [2.05, 4.69) is 6.92 Å². The predicted octanol–water partition coefficient (Wildman–Crippen LogP) is 1.34. The Morgan fingerprint density at radius 3 is 2.62 bits per heavy atom. The highest BCUT2D eigenvalue weighted by Gasteiger charge is 2.42. The maximum absolute atomic E-state index is 11.5. The first-order chi connectivity index (χ1) is 7.46. The highest BCUT2D eigenvalue weighted by atomic mass is 32.2. The normalized spacial score (nSPS) is 29.6. The van der Waals surface area contributed by atoms with Gasteiger partial charge >= 0.3 is 0 Å². The molecule has 1 aliphatic rings. The van der Waals surface area contributed by atoms with E-state index in [4.69, 9.17) is 9.88 Å². The summed E-state index contributed by atoms with van der Waals surface area (Å²) in [5, 5.41) is 4.45. The molecule has 0 fully saturated rings. The standard InChI is InChI=1S/C11H19NO3S/c1-3-4-8-11(15-2)9-6-5-7-10(11)16(12,13)14/h5-7,9-10H,3-4,8H2,1-2H3,(H2,12,13,14). The highest BCUT2D eigenvalue weighted by Crippen LogP contribution is 2.31. The average molecular weight is 245 g/mol. The summed E-state index contributed by atoms with van der Waals surface area (Å²) in [5.74, 6) is 0. The fourth-order valence-electron chi connectivity index (χ4n) is 1.99. The fourth-order valence-corrected chi connectivity index (χ4v) is 3.15. The monoisotopic (exact) mass is 245 g/mol. The fraction of sp³-hybridized carbons (Fsp3) is 0.636. The van der Waals surface area contributed by atoms with Crippen molar-refractivity contribution in [3.63, 3.8) is 0 Å². The van der Waals surface area contributed by atoms with E-state index in [1.807, 2.05) is 0 Å². The van der Waals surface area contributed by atoms with Gasteiger partial charge in [-0.25, -0.2) is 13.6 Å². The van der Waals surface area contributed by atoms with Crippen LogP contribution in [-0.4, -0.2) is 26.4 Å². The lowest BCUT2D eigenvalue weighted by atomic mass is 9.89. The topological polar surface area (TPSA) is 69.4 Å². The molecule has 0 saturated heterocycles. The van der Waals surface area contributed by atoms with Crippen LogP contribution in [-0.2, 0) is 14.8 Å². The smallest absolute Gasteiger partial charge is 0.218 e. The molecule has 0 radical (unpaired) electrons. The molecule has 0 aliphatic heterocycles. The summed E-state index contributed by atoms with van der Waals surface area (Å²) >= 11 is 0. The van der Waals surface area contributed by atoms with Gasteiger partial charge in [-0.3, -0.25) is 0 Å². The van der Waals surface area contributed by atoms with E-state index >= 15 is 0 Å². The lowest BCUT2D eigenvalue weighted by molar-refractivity contribution is 0.0273. The number of nitrogens with two attached hydrogens (primary N) is 1. The molecule has 0 aromatic heterocycles. The molecule has 2 N–H and O–H groups in total. The number of hydrogen-bond acceptors (Lipinski definition) is 3. The van der Waals surface area contributed by atoms with Gasteiger partial charge in [0, 0.05) is 7.11 Å². The van der Waals surface area contributed by atoms with E-state index in [0.29, 0.717) is 6.42 Å². The zero-order valence-electron chi connectivity index (χ0n) is 9.72. The van der Waals surface area contributed by atoms with Gasteiger partial charge in [-0.2, -0.15) is 0 Å². The van der Waals surface area contributed by atoms with Crippen LogP contribution < -0.4 is 5.14 Å². The van der Waals surface area contributed by atoms with E-state index in [1.54, 1.807) is 24.3 Å². The lowest BCUT2D eigenvalue weighted by Crippen LogP contribution is -2.49. The number of sulfonamides is 1. The average Bonchev–Trinajstić information content (AvgIpc) is 2.25. The molecule has 2 unspecified atom stereocenters. The Hall–Kier alpha value is -0.650. The van der Waals surface area contributed by atoms with Crippen molar-refractivity contribution in [1.82, 2.24) is 0 Å². The Kier molecular flexibility index (Phi) is 4.29. The van der Waals surface area contributed by atoms with Crippen LogP contribution in [0.1, 0.15) is 26.2 Å². The second kappa shape index (κ2) is 5.12. The molecule has 1 rings (SSSR count). The van der Waals surface area contributed by atoms with Gasteiger partial charge in [0.15, 0.2) is 0 Å². The molecule has 92 valence electrons. The largest absolute Gasteiger partial charge is 0.372 e. The van der Waals surface area contributed by atoms with Crippen LogP contribution >= 0.6 is 0 Å². The van der Waals surface area contributed by atoms with Gasteiger partial charge in [0.2, 0.25) is 10.0 Å². The number of ether oxygens (including phenoxy) is 1. The molecule has 4 nitrogen and oxygen atoms in total. The van der Waals surface area contributed by atoms with Gasteiger partial charge in [0.05, 0.1) is 0 Å². The van der Waals surface area contributed by atoms with Crippen molar-refractivity contribution in [2.24, 2.45) is 5.14 Å². The first-order valence-corrected chi connectivity index (χ1v) is 7.00. The molecule has 0 amide bonds. The Morgan fingerprint density at radius 1 is 1.44 bits per heavy atom. The van der Waals surface area contributed by atoms with Gasteiger partial charge in [-0.05, 0) is 6.42 Å². The summed E-state index contributed by atoms with van der Waals surface area (Å²) < 4.78 is 28.5. The molecule has 16 heavy (non-hydrogen) atoms. The van der Waals surface area contributed by atoms with Crippen LogP contribution in [0.25, 0.3) is 0 Å². The summed E-state index contributed by atoms with van der Waals surface area (Å²) in [6, 6.07) is 0. The highest BCUT2D eigenvalue weighted by molar-refractivity contribution is 7.90. The van der Waals surface area contributed by atoms with Gasteiger partial charge in [0.1, 0.15) is 10.9 Å². The Bertz CT molecular complexity index is 386. The minimum Gasteiger partial charge on any atom is -0.372 e. The number of unbranched alkanes of at least 4 members (excludes halogenated alkanes) is 1. The third-order valence-corrected chi connectivity index (χ3v) is 4.18. The van der Waals surface area contributed by atoms with Gasteiger partial charge in [0.25, 0.3) is 0 Å². The van der Waals surface area contributed by atoms with Crippen LogP contribution in [0, 0.1) is 0 Å². The molecule has 0 aromatic carbocycles. The molecule has 0 spiro atoms. The number of methoxy groups -OCH3 is 1. The molecule has 2 atom stereocenters. The van der Waals surface area contributed by atoms with Crippen LogP contribution in [0.3, 0.4) is 0 Å². The maximum atomic E-state index is 11.5. The molecule has 5 heteroatoms. The van der Waals surface area contributed by atoms with E-state index in [-0.39, 0.29) is 0 Å². The van der Waals surface area contributed by atoms with E-state index in [1.165, 1.54) is 7.11 Å². The van der Waals surface area contributed by atoms with Crippen molar-refractivity contribution in [2.45, 2.75) is 37.0 Å². The third-order valence-electron chi connectivity index (χ3n) is 2.91. The number of primary sulfonamides is 1. The second-order valence-corrected chi connectivity index (χ2v) is 5.70. The zero-order valence-corrected chi connectivity index (χ0v) is 10.5. The minimum absolute atomic E-state index is 0.655. The first-order valence-electron chi connectivity index (χ1n) is 5.39. The molecular weight excluding hydrogens is 226 g/mol. The van der Waals surface area contributed by atoms with E-state index in [0.717, 1.165) is 12.8 Å². The quantitative estimate of drug-likeness (QED) is 0.794. The minimum atomic E-state index is -3.64. The Labute approximate surface area is 97.2 Å². The lowest BCUT2D eigenvalue weighted by Gasteiger charge is -2.35. The number of allylic oxidation sites excluding steroid dienone is 2. The summed E-state index contributed by atoms with van der Waals surface area (Å²) in [6.45, 7) is 2.05. The van der Waals surface area contributed by atoms with Crippen molar-refractivity contribution in [1.29, 1.82) is 0 Å². The van der Waals surface area contributed by atoms with Crippen molar-refractivity contribution in [2.75, 3.05) is 7.11 Å². The summed E-state index contributed by atoms with van der Waals surface area (Å²) in [5.41, 5.74) is -0.807. The third kappa shape index (κ3) is 2.72.